The first kappa shape index (κ1) is 23.0. The fourth-order valence-corrected chi connectivity index (χ4v) is 4.51. The monoisotopic (exact) mass is 453 g/mol. The average molecular weight is 454 g/mol. The number of nitrogens with two attached hydrogens (primary N) is 2. The van der Waals surface area contributed by atoms with Crippen LogP contribution in [0.4, 0.5) is 21.7 Å². The van der Waals surface area contributed by atoms with E-state index in [-0.39, 0.29) is 29.3 Å². The van der Waals surface area contributed by atoms with E-state index in [1.54, 1.807) is 0 Å². The zero-order chi connectivity index (χ0) is 23.5. The maximum absolute atomic E-state index is 14.8. The number of hydrogen-bond donors (Lipinski definition) is 4. The van der Waals surface area contributed by atoms with Crippen molar-refractivity contribution in [3.8, 4) is 0 Å². The summed E-state index contributed by atoms with van der Waals surface area (Å²) in [6, 6.07) is 6.86. The van der Waals surface area contributed by atoms with E-state index in [9.17, 15) is 9.18 Å². The molecule has 8 nitrogen and oxygen atoms in total. The Bertz CT molecular complexity index is 1160. The Morgan fingerprint density at radius 1 is 1.21 bits per heavy atom. The fraction of sp³-hybridized carbons (Fsp3) is 0.458. The van der Waals surface area contributed by atoms with Crippen LogP contribution in [-0.2, 0) is 13.0 Å². The Labute approximate surface area is 192 Å². The first-order chi connectivity index (χ1) is 15.9. The lowest BCUT2D eigenvalue weighted by Gasteiger charge is -2.30. The quantitative estimate of drug-likeness (QED) is 0.408. The van der Waals surface area contributed by atoms with E-state index in [2.05, 4.69) is 29.5 Å². The molecule has 0 bridgehead atoms. The molecule has 9 heteroatoms. The minimum absolute atomic E-state index is 0.0101. The smallest absolute Gasteiger partial charge is 0.252 e. The number of carbonyl (C=O) groups is 1. The Hall–Kier alpha value is -3.20. The van der Waals surface area contributed by atoms with E-state index in [0.717, 1.165) is 73.4 Å². The summed E-state index contributed by atoms with van der Waals surface area (Å²) >= 11 is 0. The molecule has 1 amide bonds. The van der Waals surface area contributed by atoms with Gasteiger partial charge in [-0.25, -0.2) is 9.37 Å². The van der Waals surface area contributed by atoms with Gasteiger partial charge in [-0.1, -0.05) is 26.2 Å². The van der Waals surface area contributed by atoms with Crippen molar-refractivity contribution in [2.75, 3.05) is 10.6 Å². The fourth-order valence-electron chi connectivity index (χ4n) is 4.51. The van der Waals surface area contributed by atoms with E-state index in [4.69, 9.17) is 16.6 Å². The first-order valence-electron chi connectivity index (χ1n) is 11.7. The van der Waals surface area contributed by atoms with Gasteiger partial charge in [0.15, 0.2) is 11.6 Å². The number of anilines is 3. The number of primary amides is 1. The third-order valence-electron chi connectivity index (χ3n) is 6.26. The molecule has 1 aliphatic carbocycles. The predicted molar refractivity (Wildman–Crippen MR) is 129 cm³/mol. The highest BCUT2D eigenvalue weighted by Gasteiger charge is 2.24. The molecule has 1 saturated carbocycles. The highest BCUT2D eigenvalue weighted by atomic mass is 19.1. The second-order valence-electron chi connectivity index (χ2n) is 8.65. The normalized spacial score (nSPS) is 18.4. The molecule has 2 heterocycles. The number of rotatable bonds is 8. The van der Waals surface area contributed by atoms with Gasteiger partial charge in [0.2, 0.25) is 0 Å². The molecule has 6 N–H and O–H groups in total. The number of fused-ring (bicyclic) bond motifs is 1. The number of hydrogen-bond acceptors (Lipinski definition) is 6. The maximum atomic E-state index is 14.8. The van der Waals surface area contributed by atoms with Gasteiger partial charge in [-0.2, -0.15) is 5.10 Å². The van der Waals surface area contributed by atoms with E-state index in [1.165, 1.54) is 0 Å². The molecule has 0 saturated heterocycles. The zero-order valence-electron chi connectivity index (χ0n) is 19.2. The molecule has 2 aromatic heterocycles. The van der Waals surface area contributed by atoms with Crippen molar-refractivity contribution in [2.24, 2.45) is 11.5 Å². The molecule has 0 radical (unpaired) electrons. The number of nitrogens with zero attached hydrogens (tertiary/aromatic N) is 3. The molecule has 1 fully saturated rings. The van der Waals surface area contributed by atoms with Crippen LogP contribution in [0.5, 0.6) is 0 Å². The van der Waals surface area contributed by atoms with Gasteiger partial charge in [0.25, 0.3) is 5.91 Å². The van der Waals surface area contributed by atoms with Crippen LogP contribution in [0.1, 0.15) is 62.0 Å². The largest absolute Gasteiger partial charge is 0.365 e. The second kappa shape index (κ2) is 9.74. The number of pyridine rings is 1. The maximum Gasteiger partial charge on any atom is 0.252 e. The van der Waals surface area contributed by atoms with Gasteiger partial charge in [-0.05, 0) is 50.5 Å². The van der Waals surface area contributed by atoms with E-state index < -0.39 is 11.7 Å². The van der Waals surface area contributed by atoms with Crippen molar-refractivity contribution in [1.29, 1.82) is 0 Å². The van der Waals surface area contributed by atoms with E-state index in [0.29, 0.717) is 0 Å². The molecule has 0 spiro atoms. The molecule has 33 heavy (non-hydrogen) atoms. The van der Waals surface area contributed by atoms with Gasteiger partial charge in [0, 0.05) is 29.7 Å². The first-order valence-corrected chi connectivity index (χ1v) is 11.7. The molecule has 1 aliphatic rings. The average Bonchev–Trinajstić information content (AvgIpc) is 3.14. The van der Waals surface area contributed by atoms with Crippen molar-refractivity contribution in [1.82, 2.24) is 14.8 Å². The van der Waals surface area contributed by atoms with Crippen molar-refractivity contribution < 1.29 is 9.18 Å². The van der Waals surface area contributed by atoms with Crippen LogP contribution in [0.15, 0.2) is 24.3 Å². The number of carbonyl (C=O) groups excluding carboxylic acids is 1. The molecular weight excluding hydrogens is 421 g/mol. The summed E-state index contributed by atoms with van der Waals surface area (Å²) in [4.78, 5) is 16.4. The van der Waals surface area contributed by atoms with Crippen LogP contribution >= 0.6 is 0 Å². The lowest BCUT2D eigenvalue weighted by Crippen LogP contribution is -2.43. The van der Waals surface area contributed by atoms with Gasteiger partial charge < -0.3 is 22.1 Å². The molecule has 4 rings (SSSR count). The van der Waals surface area contributed by atoms with Crippen LogP contribution in [0, 0.1) is 5.82 Å². The van der Waals surface area contributed by atoms with Crippen molar-refractivity contribution in [3.63, 3.8) is 0 Å². The summed E-state index contributed by atoms with van der Waals surface area (Å²) in [5.74, 6) is -1.11. The predicted octanol–water partition coefficient (Wildman–Crippen LogP) is 4.07. The van der Waals surface area contributed by atoms with Gasteiger partial charge in [0.05, 0.1) is 16.8 Å². The summed E-state index contributed by atoms with van der Waals surface area (Å²) < 4.78 is 16.8. The van der Waals surface area contributed by atoms with Crippen LogP contribution in [-0.4, -0.2) is 32.8 Å². The minimum atomic E-state index is -0.753. The summed E-state index contributed by atoms with van der Waals surface area (Å²) in [6.07, 6.45) is 5.68. The van der Waals surface area contributed by atoms with Crippen LogP contribution in [0.2, 0.25) is 0 Å². The zero-order valence-corrected chi connectivity index (χ0v) is 19.2. The Balaban J connectivity index is 1.69. The molecule has 0 unspecified atom stereocenters. The lowest BCUT2D eigenvalue weighted by molar-refractivity contribution is 0.100. The standard InChI is InChI=1S/C24H32FN7O/c1-3-7-19-15-12-14(10-11-21(15)32(4-2)31-19)28-23-16(22(27)33)13-17(25)24(30-23)29-20-9-6-5-8-18(20)26/h10-13,18,20H,3-9,26H2,1-2H3,(H2,27,33)(H2,28,29,30)/t18-,20+/m0/s1. The number of halogens is 1. The number of aromatic nitrogens is 3. The SMILES string of the molecule is CCCc1nn(CC)c2ccc(Nc3nc(N[C@@H]4CCCC[C@@H]4N)c(F)cc3C(N)=O)cc12. The number of aryl methyl sites for hydroxylation is 2. The second-order valence-corrected chi connectivity index (χ2v) is 8.65. The molecule has 3 aromatic rings. The number of nitrogens with one attached hydrogen (secondary N) is 2. The van der Waals surface area contributed by atoms with Gasteiger partial charge >= 0.3 is 0 Å². The van der Waals surface area contributed by atoms with Crippen molar-refractivity contribution in [3.05, 3.63) is 41.3 Å². The van der Waals surface area contributed by atoms with Crippen LogP contribution in [0.25, 0.3) is 10.9 Å². The topological polar surface area (TPSA) is 124 Å². The summed E-state index contributed by atoms with van der Waals surface area (Å²) in [7, 11) is 0. The van der Waals surface area contributed by atoms with Crippen molar-refractivity contribution >= 4 is 34.1 Å². The van der Waals surface area contributed by atoms with Gasteiger partial charge in [-0.15, -0.1) is 0 Å². The molecule has 1 aromatic carbocycles. The number of benzene rings is 1. The Kier molecular flexibility index (Phi) is 6.78. The third kappa shape index (κ3) is 4.78. The van der Waals surface area contributed by atoms with E-state index in [1.807, 2.05) is 22.9 Å². The van der Waals surface area contributed by atoms with E-state index >= 15 is 0 Å². The van der Waals surface area contributed by atoms with Gasteiger partial charge in [0.1, 0.15) is 5.82 Å². The van der Waals surface area contributed by atoms with Gasteiger partial charge in [-0.3, -0.25) is 9.48 Å². The molecule has 2 atom stereocenters. The summed E-state index contributed by atoms with van der Waals surface area (Å²) in [5.41, 5.74) is 14.5. The van der Waals surface area contributed by atoms with Crippen LogP contribution in [0.3, 0.4) is 0 Å². The Morgan fingerprint density at radius 2 is 2.00 bits per heavy atom. The molecule has 0 aliphatic heterocycles. The van der Waals surface area contributed by atoms with Crippen molar-refractivity contribution in [2.45, 2.75) is 71.0 Å². The lowest BCUT2D eigenvalue weighted by atomic mass is 9.91. The highest BCUT2D eigenvalue weighted by Crippen LogP contribution is 2.29. The minimum Gasteiger partial charge on any atom is -0.365 e. The Morgan fingerprint density at radius 3 is 2.70 bits per heavy atom. The number of amides is 1. The molecular formula is C24H32FN7O. The third-order valence-corrected chi connectivity index (χ3v) is 6.26. The van der Waals surface area contributed by atoms with Crippen LogP contribution < -0.4 is 22.1 Å². The summed E-state index contributed by atoms with van der Waals surface area (Å²) in [5, 5.41) is 12.1. The summed E-state index contributed by atoms with van der Waals surface area (Å²) in [6.45, 7) is 4.95. The highest BCUT2D eigenvalue weighted by molar-refractivity contribution is 5.99. The molecule has 176 valence electrons.